The normalized spacial score (nSPS) is 10.2. The molecule has 1 aromatic carbocycles. The van der Waals surface area contributed by atoms with Crippen molar-refractivity contribution in [2.75, 3.05) is 0 Å². The van der Waals surface area contributed by atoms with Crippen molar-refractivity contribution in [3.63, 3.8) is 0 Å². The SMILES string of the molecule is [B]/C=C\c1ccccc1. The predicted octanol–water partition coefficient (Wildman–Crippen LogP) is 1.83. The summed E-state index contributed by atoms with van der Waals surface area (Å²) < 4.78 is 0. The van der Waals surface area contributed by atoms with Gasteiger partial charge in [0.25, 0.3) is 0 Å². The Hall–Kier alpha value is -0.975. The third-order valence-corrected chi connectivity index (χ3v) is 1.09. The van der Waals surface area contributed by atoms with Crippen LogP contribution in [0.5, 0.6) is 0 Å². The molecule has 0 aromatic heterocycles. The molecule has 9 heavy (non-hydrogen) atoms. The van der Waals surface area contributed by atoms with Crippen LogP contribution in [0.3, 0.4) is 0 Å². The van der Waals surface area contributed by atoms with Crippen LogP contribution in [0.1, 0.15) is 5.56 Å². The minimum Gasteiger partial charge on any atom is -0.131 e. The zero-order valence-electron chi connectivity index (χ0n) is 5.12. The molecule has 0 amide bonds. The van der Waals surface area contributed by atoms with Crippen LogP contribution < -0.4 is 0 Å². The first kappa shape index (κ1) is 6.15. The molecule has 1 aromatic rings. The summed E-state index contributed by atoms with van der Waals surface area (Å²) in [6, 6.07) is 9.95. The maximum atomic E-state index is 5.18. The van der Waals surface area contributed by atoms with E-state index in [1.807, 2.05) is 36.4 Å². The van der Waals surface area contributed by atoms with Crippen molar-refractivity contribution in [3.05, 3.63) is 41.9 Å². The second kappa shape index (κ2) is 3.13. The zero-order valence-corrected chi connectivity index (χ0v) is 5.12. The highest BCUT2D eigenvalue weighted by Crippen LogP contribution is 1.98. The standard InChI is InChI=1S/C8H7B/c9-7-6-8-4-2-1-3-5-8/h1-7H/b7-6-. The van der Waals surface area contributed by atoms with Crippen LogP contribution >= 0.6 is 0 Å². The molecule has 2 radical (unpaired) electrons. The Balaban J connectivity index is 2.85. The maximum Gasteiger partial charge on any atom is 0.102 e. The fraction of sp³-hybridized carbons (Fsp3) is 0. The quantitative estimate of drug-likeness (QED) is 0.488. The minimum atomic E-state index is 1.14. The van der Waals surface area contributed by atoms with E-state index >= 15 is 0 Å². The number of hydrogen-bond donors (Lipinski definition) is 0. The molecule has 0 spiro atoms. The van der Waals surface area contributed by atoms with E-state index in [1.165, 1.54) is 5.98 Å². The summed E-state index contributed by atoms with van der Waals surface area (Å²) in [5.74, 6) is 1.54. The first-order valence-corrected chi connectivity index (χ1v) is 2.87. The van der Waals surface area contributed by atoms with E-state index in [0.717, 1.165) is 5.56 Å². The lowest BCUT2D eigenvalue weighted by Crippen LogP contribution is -1.66. The van der Waals surface area contributed by atoms with Gasteiger partial charge in [0.2, 0.25) is 0 Å². The molecule has 0 aliphatic rings. The highest BCUT2D eigenvalue weighted by Gasteiger charge is 1.77. The van der Waals surface area contributed by atoms with Gasteiger partial charge in [0, 0.05) is 0 Å². The molecule has 0 N–H and O–H groups in total. The van der Waals surface area contributed by atoms with Crippen molar-refractivity contribution in [2.24, 2.45) is 0 Å². The minimum absolute atomic E-state index is 1.14. The van der Waals surface area contributed by atoms with Crippen LogP contribution in [0.15, 0.2) is 36.3 Å². The molecule has 0 heterocycles. The van der Waals surface area contributed by atoms with Crippen LogP contribution in [-0.4, -0.2) is 7.85 Å². The second-order valence-electron chi connectivity index (χ2n) is 1.77. The van der Waals surface area contributed by atoms with Gasteiger partial charge in [0.15, 0.2) is 0 Å². The summed E-state index contributed by atoms with van der Waals surface area (Å²) in [7, 11) is 5.18. The van der Waals surface area contributed by atoms with Crippen molar-refractivity contribution in [1.29, 1.82) is 0 Å². The summed E-state index contributed by atoms with van der Waals surface area (Å²) in [5.41, 5.74) is 1.14. The van der Waals surface area contributed by atoms with Crippen molar-refractivity contribution in [3.8, 4) is 0 Å². The molecule has 0 aliphatic carbocycles. The summed E-state index contributed by atoms with van der Waals surface area (Å²) in [6.45, 7) is 0. The van der Waals surface area contributed by atoms with E-state index in [0.29, 0.717) is 0 Å². The molecule has 0 atom stereocenters. The summed E-state index contributed by atoms with van der Waals surface area (Å²) >= 11 is 0. The van der Waals surface area contributed by atoms with Gasteiger partial charge in [0.1, 0.15) is 7.85 Å². The molecule has 0 saturated carbocycles. The van der Waals surface area contributed by atoms with Gasteiger partial charge in [-0.1, -0.05) is 36.4 Å². The van der Waals surface area contributed by atoms with Gasteiger partial charge in [0.05, 0.1) is 0 Å². The highest BCUT2D eigenvalue weighted by atomic mass is 13.8. The van der Waals surface area contributed by atoms with Gasteiger partial charge in [-0.3, -0.25) is 0 Å². The number of rotatable bonds is 1. The van der Waals surface area contributed by atoms with Crippen LogP contribution in [0.2, 0.25) is 0 Å². The Bertz CT molecular complexity index is 189. The van der Waals surface area contributed by atoms with Crippen LogP contribution in [0.4, 0.5) is 0 Å². The second-order valence-corrected chi connectivity index (χ2v) is 1.77. The van der Waals surface area contributed by atoms with Crippen molar-refractivity contribution in [2.45, 2.75) is 0 Å². The fourth-order valence-electron chi connectivity index (χ4n) is 0.675. The van der Waals surface area contributed by atoms with Gasteiger partial charge in [-0.2, -0.15) is 0 Å². The van der Waals surface area contributed by atoms with E-state index < -0.39 is 0 Å². The van der Waals surface area contributed by atoms with Gasteiger partial charge in [-0.05, 0) is 5.56 Å². The first-order valence-electron chi connectivity index (χ1n) is 2.87. The molecular weight excluding hydrogens is 107 g/mol. The van der Waals surface area contributed by atoms with Crippen LogP contribution in [0.25, 0.3) is 6.08 Å². The largest absolute Gasteiger partial charge is 0.131 e. The molecular formula is C8H7B. The molecule has 1 rings (SSSR count). The zero-order chi connectivity index (χ0) is 6.53. The Labute approximate surface area is 56.6 Å². The number of benzene rings is 1. The molecule has 0 aliphatic heterocycles. The van der Waals surface area contributed by atoms with Gasteiger partial charge < -0.3 is 0 Å². The fourth-order valence-corrected chi connectivity index (χ4v) is 0.675. The predicted molar refractivity (Wildman–Crippen MR) is 41.2 cm³/mol. The van der Waals surface area contributed by atoms with Gasteiger partial charge >= 0.3 is 0 Å². The molecule has 1 heteroatoms. The van der Waals surface area contributed by atoms with E-state index in [2.05, 4.69) is 0 Å². The molecule has 0 fully saturated rings. The first-order chi connectivity index (χ1) is 4.43. The van der Waals surface area contributed by atoms with E-state index in [4.69, 9.17) is 7.85 Å². The van der Waals surface area contributed by atoms with Gasteiger partial charge in [-0.25, -0.2) is 0 Å². The average molecular weight is 114 g/mol. The number of hydrogen-bond acceptors (Lipinski definition) is 0. The summed E-state index contributed by atoms with van der Waals surface area (Å²) in [4.78, 5) is 0. The van der Waals surface area contributed by atoms with E-state index in [9.17, 15) is 0 Å². The topological polar surface area (TPSA) is 0 Å². The summed E-state index contributed by atoms with van der Waals surface area (Å²) in [5, 5.41) is 0. The lowest BCUT2D eigenvalue weighted by Gasteiger charge is -1.87. The van der Waals surface area contributed by atoms with E-state index in [-0.39, 0.29) is 0 Å². The Morgan fingerprint density at radius 1 is 1.11 bits per heavy atom. The third kappa shape index (κ3) is 1.76. The lowest BCUT2D eigenvalue weighted by molar-refractivity contribution is 1.66. The molecule has 0 saturated heterocycles. The summed E-state index contributed by atoms with van der Waals surface area (Å²) in [6.07, 6.45) is 1.86. The smallest absolute Gasteiger partial charge is 0.102 e. The molecule has 0 bridgehead atoms. The lowest BCUT2D eigenvalue weighted by atomic mass is 10.1. The van der Waals surface area contributed by atoms with Crippen molar-refractivity contribution >= 4 is 13.9 Å². The van der Waals surface area contributed by atoms with Crippen LogP contribution in [-0.2, 0) is 0 Å². The Morgan fingerprint density at radius 3 is 2.33 bits per heavy atom. The molecule has 0 nitrogen and oxygen atoms in total. The van der Waals surface area contributed by atoms with Crippen molar-refractivity contribution < 1.29 is 0 Å². The monoisotopic (exact) mass is 114 g/mol. The molecule has 0 unspecified atom stereocenters. The Kier molecular flexibility index (Phi) is 2.14. The average Bonchev–Trinajstić information content (AvgIpc) is 1.91. The Morgan fingerprint density at radius 2 is 1.78 bits per heavy atom. The van der Waals surface area contributed by atoms with E-state index in [1.54, 1.807) is 0 Å². The van der Waals surface area contributed by atoms with Crippen LogP contribution in [0, 0.1) is 0 Å². The van der Waals surface area contributed by atoms with Gasteiger partial charge in [-0.15, -0.1) is 5.98 Å². The maximum absolute atomic E-state index is 5.18. The molecule has 42 valence electrons. The highest BCUT2D eigenvalue weighted by molar-refractivity contribution is 6.19. The van der Waals surface area contributed by atoms with Crippen molar-refractivity contribution in [1.82, 2.24) is 0 Å². The third-order valence-electron chi connectivity index (χ3n) is 1.09.